The molecule has 0 amide bonds. The maximum absolute atomic E-state index is 5.46. The fourth-order valence-corrected chi connectivity index (χ4v) is 1.33. The number of allylic oxidation sites excluding steroid dienone is 1. The Kier molecular flexibility index (Phi) is 9.00. The molecule has 0 bridgehead atoms. The molecule has 0 spiro atoms. The topological polar surface area (TPSA) is 21.3 Å². The maximum atomic E-state index is 5.46. The first-order valence-corrected chi connectivity index (χ1v) is 5.60. The van der Waals surface area contributed by atoms with Gasteiger partial charge >= 0.3 is 0 Å². The summed E-state index contributed by atoms with van der Waals surface area (Å²) in [5.41, 5.74) is 1.26. The van der Waals surface area contributed by atoms with Crippen LogP contribution in [0, 0.1) is 0 Å². The van der Waals surface area contributed by atoms with Crippen molar-refractivity contribution in [3.05, 3.63) is 12.2 Å². The Labute approximate surface area is 88.7 Å². The van der Waals surface area contributed by atoms with Gasteiger partial charge in [-0.1, -0.05) is 12.5 Å². The molecule has 0 saturated heterocycles. The molecule has 0 aromatic heterocycles. The number of rotatable bonds is 9. The van der Waals surface area contributed by atoms with Crippen LogP contribution < -0.4 is 5.32 Å². The van der Waals surface area contributed by atoms with Gasteiger partial charge in [0, 0.05) is 19.3 Å². The van der Waals surface area contributed by atoms with E-state index in [4.69, 9.17) is 4.74 Å². The van der Waals surface area contributed by atoms with Crippen molar-refractivity contribution >= 4 is 0 Å². The molecule has 0 heterocycles. The van der Waals surface area contributed by atoms with Crippen LogP contribution in [0.1, 0.15) is 39.5 Å². The van der Waals surface area contributed by atoms with Gasteiger partial charge in [-0.25, -0.2) is 0 Å². The number of hydrogen-bond acceptors (Lipinski definition) is 2. The number of hydrogen-bond donors (Lipinski definition) is 1. The van der Waals surface area contributed by atoms with Crippen LogP contribution in [0.3, 0.4) is 0 Å². The quantitative estimate of drug-likeness (QED) is 0.455. The molecule has 0 radical (unpaired) electrons. The van der Waals surface area contributed by atoms with Crippen LogP contribution >= 0.6 is 0 Å². The van der Waals surface area contributed by atoms with Gasteiger partial charge in [-0.2, -0.15) is 0 Å². The van der Waals surface area contributed by atoms with Crippen molar-refractivity contribution in [2.45, 2.75) is 45.6 Å². The van der Waals surface area contributed by atoms with Crippen molar-refractivity contribution in [2.24, 2.45) is 0 Å². The van der Waals surface area contributed by atoms with E-state index in [9.17, 15) is 0 Å². The molecule has 0 aromatic carbocycles. The van der Waals surface area contributed by atoms with Crippen LogP contribution in [0.5, 0.6) is 0 Å². The second kappa shape index (κ2) is 9.22. The largest absolute Gasteiger partial charge is 0.381 e. The zero-order chi connectivity index (χ0) is 10.8. The van der Waals surface area contributed by atoms with E-state index in [-0.39, 0.29) is 0 Å². The van der Waals surface area contributed by atoms with Gasteiger partial charge in [0.25, 0.3) is 0 Å². The predicted molar refractivity (Wildman–Crippen MR) is 62.6 cm³/mol. The zero-order valence-electron chi connectivity index (χ0n) is 9.94. The minimum absolute atomic E-state index is 0.573. The summed E-state index contributed by atoms with van der Waals surface area (Å²) in [6.45, 7) is 9.89. The van der Waals surface area contributed by atoms with Gasteiger partial charge in [-0.05, 0) is 39.7 Å². The van der Waals surface area contributed by atoms with E-state index in [1.165, 1.54) is 12.0 Å². The van der Waals surface area contributed by atoms with Crippen LogP contribution in [0.25, 0.3) is 0 Å². The Morgan fingerprint density at radius 2 is 2.07 bits per heavy atom. The van der Waals surface area contributed by atoms with Gasteiger partial charge in [-0.15, -0.1) is 6.58 Å². The van der Waals surface area contributed by atoms with Crippen LogP contribution in [-0.2, 0) is 4.74 Å². The highest BCUT2D eigenvalue weighted by Crippen LogP contribution is 2.07. The lowest BCUT2D eigenvalue weighted by Crippen LogP contribution is -2.26. The van der Waals surface area contributed by atoms with Crippen LogP contribution in [0.2, 0.25) is 0 Å². The molecule has 2 heteroatoms. The van der Waals surface area contributed by atoms with E-state index in [2.05, 4.69) is 25.7 Å². The van der Waals surface area contributed by atoms with Crippen LogP contribution in [0.4, 0.5) is 0 Å². The van der Waals surface area contributed by atoms with Crippen LogP contribution in [-0.4, -0.2) is 26.3 Å². The summed E-state index contributed by atoms with van der Waals surface area (Å²) in [5, 5.41) is 3.31. The molecule has 2 nitrogen and oxygen atoms in total. The molecule has 0 saturated carbocycles. The summed E-state index contributed by atoms with van der Waals surface area (Å²) in [4.78, 5) is 0. The third-order valence-corrected chi connectivity index (χ3v) is 2.29. The average molecular weight is 199 g/mol. The molecule has 0 aromatic rings. The summed E-state index contributed by atoms with van der Waals surface area (Å²) in [6.07, 6.45) is 4.49. The summed E-state index contributed by atoms with van der Waals surface area (Å²) in [5.74, 6) is 0. The van der Waals surface area contributed by atoms with Gasteiger partial charge < -0.3 is 10.1 Å². The molecule has 1 unspecified atom stereocenters. The molecular weight excluding hydrogens is 174 g/mol. The number of nitrogens with one attached hydrogen (secondary N) is 1. The Balaban J connectivity index is 3.42. The first-order valence-electron chi connectivity index (χ1n) is 5.60. The summed E-state index contributed by atoms with van der Waals surface area (Å²) in [7, 11) is 2.02. The molecule has 1 N–H and O–H groups in total. The summed E-state index contributed by atoms with van der Waals surface area (Å²) < 4.78 is 5.46. The first kappa shape index (κ1) is 13.7. The third-order valence-electron chi connectivity index (χ3n) is 2.29. The highest BCUT2D eigenvalue weighted by Gasteiger charge is 2.05. The number of ether oxygens (including phenoxy) is 1. The molecule has 0 aliphatic rings. The lowest BCUT2D eigenvalue weighted by Gasteiger charge is -2.15. The van der Waals surface area contributed by atoms with E-state index < -0.39 is 0 Å². The van der Waals surface area contributed by atoms with Crippen molar-refractivity contribution in [2.75, 3.05) is 20.3 Å². The Morgan fingerprint density at radius 3 is 2.57 bits per heavy atom. The summed E-state index contributed by atoms with van der Waals surface area (Å²) in [6, 6.07) is 0.573. The standard InChI is InChI=1S/C12H25NO/c1-5-9-14-10-8-12(13-4)7-6-11(2)3/h12-13H,2,5-10H2,1,3-4H3. The van der Waals surface area contributed by atoms with Crippen molar-refractivity contribution in [1.29, 1.82) is 0 Å². The first-order chi connectivity index (χ1) is 6.70. The van der Waals surface area contributed by atoms with Crippen LogP contribution in [0.15, 0.2) is 12.2 Å². The van der Waals surface area contributed by atoms with Gasteiger partial charge in [0.2, 0.25) is 0 Å². The molecule has 0 aliphatic heterocycles. The fraction of sp³-hybridized carbons (Fsp3) is 0.833. The maximum Gasteiger partial charge on any atom is 0.0480 e. The zero-order valence-corrected chi connectivity index (χ0v) is 9.94. The second-order valence-corrected chi connectivity index (χ2v) is 3.88. The Hall–Kier alpha value is -0.340. The molecule has 0 aliphatic carbocycles. The average Bonchev–Trinajstić information content (AvgIpc) is 2.16. The minimum atomic E-state index is 0.573. The Morgan fingerprint density at radius 1 is 1.36 bits per heavy atom. The van der Waals surface area contributed by atoms with E-state index in [1.54, 1.807) is 0 Å². The van der Waals surface area contributed by atoms with Crippen molar-refractivity contribution in [1.82, 2.24) is 5.32 Å². The molecule has 84 valence electrons. The molecule has 1 atom stereocenters. The lowest BCUT2D eigenvalue weighted by molar-refractivity contribution is 0.124. The predicted octanol–water partition coefficient (Wildman–Crippen LogP) is 2.75. The van der Waals surface area contributed by atoms with Gasteiger partial charge in [-0.3, -0.25) is 0 Å². The van der Waals surface area contributed by atoms with E-state index in [1.807, 2.05) is 7.05 Å². The van der Waals surface area contributed by atoms with Crippen molar-refractivity contribution < 1.29 is 4.74 Å². The smallest absolute Gasteiger partial charge is 0.0480 e. The van der Waals surface area contributed by atoms with Gasteiger partial charge in [0.1, 0.15) is 0 Å². The molecule has 14 heavy (non-hydrogen) atoms. The summed E-state index contributed by atoms with van der Waals surface area (Å²) >= 11 is 0. The van der Waals surface area contributed by atoms with Gasteiger partial charge in [0.05, 0.1) is 0 Å². The van der Waals surface area contributed by atoms with E-state index >= 15 is 0 Å². The minimum Gasteiger partial charge on any atom is -0.381 e. The lowest BCUT2D eigenvalue weighted by atomic mass is 10.1. The van der Waals surface area contributed by atoms with E-state index in [0.717, 1.165) is 32.5 Å². The third kappa shape index (κ3) is 8.27. The fourth-order valence-electron chi connectivity index (χ4n) is 1.33. The van der Waals surface area contributed by atoms with Crippen molar-refractivity contribution in [3.63, 3.8) is 0 Å². The van der Waals surface area contributed by atoms with E-state index in [0.29, 0.717) is 6.04 Å². The molecule has 0 rings (SSSR count). The van der Waals surface area contributed by atoms with Gasteiger partial charge in [0.15, 0.2) is 0 Å². The SMILES string of the molecule is C=C(C)CCC(CCOCCC)NC. The van der Waals surface area contributed by atoms with Crippen molar-refractivity contribution in [3.8, 4) is 0 Å². The second-order valence-electron chi connectivity index (χ2n) is 3.88. The molecule has 0 fully saturated rings. The highest BCUT2D eigenvalue weighted by molar-refractivity contribution is 4.89. The molecular formula is C12H25NO. The highest BCUT2D eigenvalue weighted by atomic mass is 16.5. The normalized spacial score (nSPS) is 12.8. The monoisotopic (exact) mass is 199 g/mol. The Bertz CT molecular complexity index is 145.